The predicted octanol–water partition coefficient (Wildman–Crippen LogP) is 1.77. The zero-order valence-electron chi connectivity index (χ0n) is 16.1. The van der Waals surface area contributed by atoms with Gasteiger partial charge in [0.15, 0.2) is 0 Å². The predicted molar refractivity (Wildman–Crippen MR) is 106 cm³/mol. The van der Waals surface area contributed by atoms with Crippen LogP contribution in [0.3, 0.4) is 0 Å². The van der Waals surface area contributed by atoms with Gasteiger partial charge in [0, 0.05) is 42.3 Å². The minimum Gasteiger partial charge on any atom is -0.477 e. The monoisotopic (exact) mass is 386 g/mol. The molecule has 150 valence electrons. The van der Waals surface area contributed by atoms with Crippen molar-refractivity contribution < 1.29 is 20.1 Å². The van der Waals surface area contributed by atoms with Crippen LogP contribution in [0.5, 0.6) is 0 Å². The molecule has 28 heavy (non-hydrogen) atoms. The van der Waals surface area contributed by atoms with Crippen LogP contribution in [-0.2, 0) is 0 Å². The topological polar surface area (TPSA) is 103 Å². The Morgan fingerprint density at radius 1 is 1.25 bits per heavy atom. The number of carbonyl (C=O) groups is 1. The zero-order chi connectivity index (χ0) is 20.2. The second-order valence-electron chi connectivity index (χ2n) is 8.24. The molecule has 1 aromatic carbocycles. The summed E-state index contributed by atoms with van der Waals surface area (Å²) in [6, 6.07) is 3.80. The minimum atomic E-state index is -1.20. The van der Waals surface area contributed by atoms with Gasteiger partial charge in [0.1, 0.15) is 5.56 Å². The van der Waals surface area contributed by atoms with Crippen molar-refractivity contribution in [2.24, 2.45) is 11.8 Å². The molecule has 0 amide bonds. The van der Waals surface area contributed by atoms with Crippen LogP contribution in [0.2, 0.25) is 0 Å². The Labute approximate surface area is 162 Å². The molecular formula is C21H26N2O5. The van der Waals surface area contributed by atoms with Crippen LogP contribution >= 0.6 is 0 Å². The SMILES string of the molecule is Cc1c(N2CC(C)C(O)C(CO)C2)ccc2c(=O)c(C(=O)O)cn(C3CC3)c12. The number of aliphatic hydroxyl groups excluding tert-OH is 2. The lowest BCUT2D eigenvalue weighted by Crippen LogP contribution is -2.50. The lowest BCUT2D eigenvalue weighted by Gasteiger charge is -2.41. The number of aliphatic hydroxyl groups is 2. The lowest BCUT2D eigenvalue weighted by atomic mass is 9.87. The molecule has 2 heterocycles. The van der Waals surface area contributed by atoms with Gasteiger partial charge in [-0.05, 0) is 43.4 Å². The maximum Gasteiger partial charge on any atom is 0.341 e. The van der Waals surface area contributed by atoms with Crippen LogP contribution in [0.25, 0.3) is 10.9 Å². The van der Waals surface area contributed by atoms with Crippen molar-refractivity contribution in [1.29, 1.82) is 0 Å². The van der Waals surface area contributed by atoms with E-state index in [4.69, 9.17) is 0 Å². The number of hydrogen-bond acceptors (Lipinski definition) is 5. The number of rotatable bonds is 4. The highest BCUT2D eigenvalue weighted by atomic mass is 16.4. The first-order valence-corrected chi connectivity index (χ1v) is 9.79. The Balaban J connectivity index is 1.87. The van der Waals surface area contributed by atoms with Gasteiger partial charge in [-0.3, -0.25) is 4.79 Å². The van der Waals surface area contributed by atoms with Crippen LogP contribution in [0.4, 0.5) is 5.69 Å². The largest absolute Gasteiger partial charge is 0.477 e. The molecule has 3 N–H and O–H groups in total. The van der Waals surface area contributed by atoms with Crippen molar-refractivity contribution in [3.05, 3.63) is 39.7 Å². The second kappa shape index (κ2) is 6.90. The first kappa shape index (κ1) is 19.0. The van der Waals surface area contributed by atoms with Crippen molar-refractivity contribution >= 4 is 22.6 Å². The number of nitrogens with zero attached hydrogens (tertiary/aromatic N) is 2. The summed E-state index contributed by atoms with van der Waals surface area (Å²) in [5.41, 5.74) is 2.03. The lowest BCUT2D eigenvalue weighted by molar-refractivity contribution is 0.0177. The average molecular weight is 386 g/mol. The first-order chi connectivity index (χ1) is 13.3. The van der Waals surface area contributed by atoms with Crippen LogP contribution in [0.1, 0.15) is 41.7 Å². The number of aromatic nitrogens is 1. The molecule has 3 atom stereocenters. The quantitative estimate of drug-likeness (QED) is 0.740. The number of fused-ring (bicyclic) bond motifs is 1. The summed E-state index contributed by atoms with van der Waals surface area (Å²) in [6.07, 6.45) is 2.89. The smallest absolute Gasteiger partial charge is 0.341 e. The van der Waals surface area contributed by atoms with E-state index in [1.54, 1.807) is 6.07 Å². The van der Waals surface area contributed by atoms with Crippen LogP contribution in [0.15, 0.2) is 23.1 Å². The molecule has 3 unspecified atom stereocenters. The van der Waals surface area contributed by atoms with E-state index < -0.39 is 17.5 Å². The molecule has 2 fully saturated rings. The Morgan fingerprint density at radius 2 is 1.96 bits per heavy atom. The van der Waals surface area contributed by atoms with Gasteiger partial charge in [0.05, 0.1) is 18.2 Å². The molecule has 0 bridgehead atoms. The van der Waals surface area contributed by atoms with Crippen LogP contribution in [0, 0.1) is 18.8 Å². The van der Waals surface area contributed by atoms with Crippen molar-refractivity contribution in [2.75, 3.05) is 24.6 Å². The molecule has 7 nitrogen and oxygen atoms in total. The fraction of sp³-hybridized carbons (Fsp3) is 0.524. The molecule has 1 aliphatic heterocycles. The Hall–Kier alpha value is -2.38. The van der Waals surface area contributed by atoms with Crippen molar-refractivity contribution in [3.8, 4) is 0 Å². The van der Waals surface area contributed by atoms with E-state index in [0.29, 0.717) is 18.5 Å². The van der Waals surface area contributed by atoms with Gasteiger partial charge >= 0.3 is 5.97 Å². The summed E-state index contributed by atoms with van der Waals surface area (Å²) in [6.45, 7) is 5.04. The number of piperidine rings is 1. The molecule has 0 spiro atoms. The Kier molecular flexibility index (Phi) is 4.67. The van der Waals surface area contributed by atoms with E-state index in [9.17, 15) is 24.9 Å². The number of pyridine rings is 1. The summed E-state index contributed by atoms with van der Waals surface area (Å²) in [4.78, 5) is 26.4. The summed E-state index contributed by atoms with van der Waals surface area (Å²) >= 11 is 0. The van der Waals surface area contributed by atoms with Crippen molar-refractivity contribution in [1.82, 2.24) is 4.57 Å². The molecule has 1 saturated heterocycles. The maximum absolute atomic E-state index is 12.7. The van der Waals surface area contributed by atoms with Crippen molar-refractivity contribution in [2.45, 2.75) is 38.8 Å². The molecule has 2 aliphatic rings. The van der Waals surface area contributed by atoms with Crippen molar-refractivity contribution in [3.63, 3.8) is 0 Å². The fourth-order valence-electron chi connectivity index (χ4n) is 4.50. The van der Waals surface area contributed by atoms with E-state index in [-0.39, 0.29) is 30.0 Å². The second-order valence-corrected chi connectivity index (χ2v) is 8.24. The van der Waals surface area contributed by atoms with Gasteiger partial charge in [0.2, 0.25) is 5.43 Å². The summed E-state index contributed by atoms with van der Waals surface area (Å²) in [7, 11) is 0. The molecule has 1 aliphatic carbocycles. The van der Waals surface area contributed by atoms with E-state index >= 15 is 0 Å². The highest BCUT2D eigenvalue weighted by Crippen LogP contribution is 2.39. The number of hydrogen-bond donors (Lipinski definition) is 3. The van der Waals surface area contributed by atoms with E-state index in [1.807, 2.05) is 24.5 Å². The van der Waals surface area contributed by atoms with Crippen LogP contribution in [-0.4, -0.2) is 51.7 Å². The number of benzene rings is 1. The number of carboxylic acid groups (broad SMARTS) is 1. The number of anilines is 1. The highest BCUT2D eigenvalue weighted by molar-refractivity contribution is 5.95. The van der Waals surface area contributed by atoms with E-state index in [0.717, 1.165) is 29.6 Å². The normalized spacial score (nSPS) is 25.3. The first-order valence-electron chi connectivity index (χ1n) is 9.79. The van der Waals surface area contributed by atoms with Gasteiger partial charge in [-0.1, -0.05) is 6.92 Å². The fourth-order valence-corrected chi connectivity index (χ4v) is 4.50. The Bertz CT molecular complexity index is 994. The average Bonchev–Trinajstić information content (AvgIpc) is 3.49. The molecule has 7 heteroatoms. The van der Waals surface area contributed by atoms with E-state index in [2.05, 4.69) is 4.90 Å². The summed E-state index contributed by atoms with van der Waals surface area (Å²) in [5.74, 6) is -1.41. The summed E-state index contributed by atoms with van der Waals surface area (Å²) in [5, 5.41) is 29.8. The standard InChI is InChI=1S/C21H26N2O5/c1-11-7-22(8-13(10-24)19(11)25)17-6-5-15-18(12(17)2)23(14-3-4-14)9-16(20(15)26)21(27)28/h5-6,9,11,13-14,19,24-25H,3-4,7-8,10H2,1-2H3,(H,27,28). The van der Waals surface area contributed by atoms with Gasteiger partial charge in [0.25, 0.3) is 0 Å². The van der Waals surface area contributed by atoms with Crippen LogP contribution < -0.4 is 10.3 Å². The maximum atomic E-state index is 12.7. The molecule has 1 saturated carbocycles. The van der Waals surface area contributed by atoms with Gasteiger partial charge in [-0.2, -0.15) is 0 Å². The molecular weight excluding hydrogens is 360 g/mol. The third kappa shape index (κ3) is 2.99. The summed E-state index contributed by atoms with van der Waals surface area (Å²) < 4.78 is 1.95. The van der Waals surface area contributed by atoms with Gasteiger partial charge in [-0.15, -0.1) is 0 Å². The number of carboxylic acids is 1. The highest BCUT2D eigenvalue weighted by Gasteiger charge is 2.34. The van der Waals surface area contributed by atoms with Gasteiger partial charge < -0.3 is 24.8 Å². The number of aryl methyl sites for hydroxylation is 1. The van der Waals surface area contributed by atoms with Gasteiger partial charge in [-0.25, -0.2) is 4.79 Å². The molecule has 0 radical (unpaired) electrons. The zero-order valence-corrected chi connectivity index (χ0v) is 16.1. The molecule has 2 aromatic rings. The van der Waals surface area contributed by atoms with E-state index in [1.165, 1.54) is 6.20 Å². The minimum absolute atomic E-state index is 0.0148. The Morgan fingerprint density at radius 3 is 2.57 bits per heavy atom. The number of aromatic carboxylic acids is 1. The molecule has 4 rings (SSSR count). The third-order valence-corrected chi connectivity index (χ3v) is 6.19. The molecule has 1 aromatic heterocycles. The third-order valence-electron chi connectivity index (χ3n) is 6.19.